The minimum Gasteiger partial charge on any atom is -0.466 e. The van der Waals surface area contributed by atoms with Crippen LogP contribution in [0, 0.1) is 11.8 Å². The molecule has 0 radical (unpaired) electrons. The van der Waals surface area contributed by atoms with E-state index in [1.54, 1.807) is 0 Å². The number of rotatable bonds is 3. The molecule has 1 aliphatic rings. The highest BCUT2D eigenvalue weighted by atomic mass is 16.5. The Hall–Kier alpha value is -0.465. The summed E-state index contributed by atoms with van der Waals surface area (Å²) in [5.41, 5.74) is 0. The van der Waals surface area contributed by atoms with Crippen molar-refractivity contribution >= 4 is 13.8 Å². The van der Waals surface area contributed by atoms with E-state index < -0.39 is 0 Å². The summed E-state index contributed by atoms with van der Waals surface area (Å²) in [6.07, 6.45) is 2.17. The van der Waals surface area contributed by atoms with Crippen LogP contribution < -0.4 is 0 Å². The monoisotopic (exact) mass is 140 g/mol. The maximum absolute atomic E-state index is 11.0. The van der Waals surface area contributed by atoms with Gasteiger partial charge in [0.25, 0.3) is 0 Å². The lowest BCUT2D eigenvalue weighted by molar-refractivity contribution is -0.144. The lowest BCUT2D eigenvalue weighted by atomic mass is 9.99. The van der Waals surface area contributed by atoms with Gasteiger partial charge < -0.3 is 4.74 Å². The topological polar surface area (TPSA) is 26.3 Å². The van der Waals surface area contributed by atoms with Crippen LogP contribution in [0.4, 0.5) is 0 Å². The van der Waals surface area contributed by atoms with Crippen molar-refractivity contribution in [3.05, 3.63) is 0 Å². The zero-order chi connectivity index (χ0) is 7.56. The summed E-state index contributed by atoms with van der Waals surface area (Å²) >= 11 is 0. The third-order valence-corrected chi connectivity index (χ3v) is 2.04. The minimum atomic E-state index is 0.00866. The molecule has 0 aromatic heterocycles. The fourth-order valence-electron chi connectivity index (χ4n) is 1.24. The summed E-state index contributed by atoms with van der Waals surface area (Å²) in [4.78, 5) is 11.0. The zero-order valence-corrected chi connectivity index (χ0v) is 6.59. The van der Waals surface area contributed by atoms with Crippen LogP contribution in [-0.2, 0) is 9.53 Å². The van der Waals surface area contributed by atoms with E-state index >= 15 is 0 Å². The zero-order valence-electron chi connectivity index (χ0n) is 6.59. The number of esters is 1. The first-order valence-electron chi connectivity index (χ1n) is 3.96. The Morgan fingerprint density at radius 2 is 2.50 bits per heavy atom. The second-order valence-electron chi connectivity index (χ2n) is 2.76. The summed E-state index contributed by atoms with van der Waals surface area (Å²) in [5.74, 6) is 0.873. The average Bonchev–Trinajstić information content (AvgIpc) is 2.66. The van der Waals surface area contributed by atoms with Gasteiger partial charge in [-0.3, -0.25) is 4.79 Å². The highest BCUT2D eigenvalue weighted by molar-refractivity contribution is 6.09. The van der Waals surface area contributed by atoms with Crippen LogP contribution in [0.3, 0.4) is 0 Å². The second kappa shape index (κ2) is 3.08. The minimum absolute atomic E-state index is 0.00866. The first-order chi connectivity index (χ1) is 4.79. The lowest BCUT2D eigenvalue weighted by Crippen LogP contribution is -2.07. The first-order valence-corrected chi connectivity index (χ1v) is 3.96. The average molecular weight is 140 g/mol. The molecule has 10 heavy (non-hydrogen) atoms. The van der Waals surface area contributed by atoms with Crippen LogP contribution in [0.15, 0.2) is 0 Å². The van der Waals surface area contributed by atoms with Gasteiger partial charge in [0.05, 0.1) is 12.5 Å². The second-order valence-corrected chi connectivity index (χ2v) is 2.76. The van der Waals surface area contributed by atoms with E-state index in [-0.39, 0.29) is 11.9 Å². The van der Waals surface area contributed by atoms with Crippen LogP contribution in [0.5, 0.6) is 0 Å². The maximum atomic E-state index is 11.0. The Morgan fingerprint density at radius 3 is 2.90 bits per heavy atom. The van der Waals surface area contributed by atoms with Gasteiger partial charge in [0, 0.05) is 0 Å². The molecular weight excluding hydrogens is 127 g/mol. The van der Waals surface area contributed by atoms with Gasteiger partial charge in [-0.05, 0) is 19.3 Å². The molecule has 0 spiro atoms. The molecule has 0 N–H and O–H groups in total. The predicted octanol–water partition coefficient (Wildman–Crippen LogP) is 0.237. The van der Waals surface area contributed by atoms with E-state index in [0.717, 1.165) is 12.7 Å². The van der Waals surface area contributed by atoms with Gasteiger partial charge in [-0.1, -0.05) is 6.32 Å². The molecule has 0 aromatic carbocycles. The highest BCUT2D eigenvalue weighted by Gasteiger charge is 2.42. The largest absolute Gasteiger partial charge is 0.466 e. The normalized spacial score (nSPS) is 29.7. The van der Waals surface area contributed by atoms with Crippen LogP contribution in [0.2, 0.25) is 6.32 Å². The van der Waals surface area contributed by atoms with E-state index in [4.69, 9.17) is 4.74 Å². The summed E-state index contributed by atoms with van der Waals surface area (Å²) in [5, 5.41) is 0. The number of hydrogen-bond donors (Lipinski definition) is 0. The van der Waals surface area contributed by atoms with Gasteiger partial charge in [0.15, 0.2) is 0 Å². The van der Waals surface area contributed by atoms with Crippen molar-refractivity contribution in [1.29, 1.82) is 0 Å². The van der Waals surface area contributed by atoms with E-state index in [9.17, 15) is 4.79 Å². The van der Waals surface area contributed by atoms with Crippen LogP contribution in [0.1, 0.15) is 13.3 Å². The molecule has 0 unspecified atom stereocenters. The van der Waals surface area contributed by atoms with E-state index in [1.165, 1.54) is 0 Å². The Labute approximate surface area is 62.3 Å². The Bertz CT molecular complexity index is 136. The Kier molecular flexibility index (Phi) is 2.36. The van der Waals surface area contributed by atoms with E-state index in [2.05, 4.69) is 7.85 Å². The standard InChI is InChI=1S/C7H13BO2/c1-2-10-7(9)6-3-5(6)4-8/h5-6H,2-4,8H2,1H3/t5-,6+/m0/s1. The van der Waals surface area contributed by atoms with Gasteiger partial charge in [-0.25, -0.2) is 0 Å². The van der Waals surface area contributed by atoms with Crippen LogP contribution in [0.25, 0.3) is 0 Å². The summed E-state index contributed by atoms with van der Waals surface area (Å²) < 4.78 is 4.86. The number of hydrogen-bond acceptors (Lipinski definition) is 2. The predicted molar refractivity (Wildman–Crippen MR) is 41.6 cm³/mol. The molecule has 1 saturated carbocycles. The van der Waals surface area contributed by atoms with E-state index in [0.29, 0.717) is 12.5 Å². The molecule has 2 nitrogen and oxygen atoms in total. The van der Waals surface area contributed by atoms with Gasteiger partial charge in [-0.15, -0.1) is 0 Å². The smallest absolute Gasteiger partial charge is 0.309 e. The molecule has 0 amide bonds. The number of ether oxygens (including phenoxy) is 1. The molecule has 0 bridgehead atoms. The first kappa shape index (κ1) is 7.64. The Balaban J connectivity index is 2.19. The van der Waals surface area contributed by atoms with Gasteiger partial charge in [0.1, 0.15) is 7.85 Å². The summed E-state index contributed by atoms with van der Waals surface area (Å²) in [7, 11) is 2.11. The number of carbonyl (C=O) groups is 1. The van der Waals surface area contributed by atoms with Gasteiger partial charge in [0.2, 0.25) is 0 Å². The molecule has 56 valence electrons. The van der Waals surface area contributed by atoms with Gasteiger partial charge >= 0.3 is 5.97 Å². The van der Waals surface area contributed by atoms with Crippen LogP contribution in [-0.4, -0.2) is 20.4 Å². The van der Waals surface area contributed by atoms with Crippen molar-refractivity contribution in [2.75, 3.05) is 6.61 Å². The summed E-state index contributed by atoms with van der Waals surface area (Å²) in [6.45, 7) is 2.37. The van der Waals surface area contributed by atoms with Crippen LogP contribution >= 0.6 is 0 Å². The molecular formula is C7H13BO2. The Morgan fingerprint density at radius 1 is 1.80 bits per heavy atom. The van der Waals surface area contributed by atoms with Crippen molar-refractivity contribution in [3.8, 4) is 0 Å². The van der Waals surface area contributed by atoms with Crippen molar-refractivity contribution in [2.45, 2.75) is 19.7 Å². The van der Waals surface area contributed by atoms with Crippen molar-refractivity contribution in [3.63, 3.8) is 0 Å². The maximum Gasteiger partial charge on any atom is 0.309 e. The molecule has 1 fully saturated rings. The molecule has 1 aliphatic carbocycles. The van der Waals surface area contributed by atoms with Crippen molar-refractivity contribution in [1.82, 2.24) is 0 Å². The molecule has 0 aliphatic heterocycles. The van der Waals surface area contributed by atoms with Gasteiger partial charge in [-0.2, -0.15) is 0 Å². The highest BCUT2D eigenvalue weighted by Crippen LogP contribution is 2.41. The molecule has 0 saturated heterocycles. The van der Waals surface area contributed by atoms with Crippen molar-refractivity contribution in [2.24, 2.45) is 11.8 Å². The van der Waals surface area contributed by atoms with Crippen molar-refractivity contribution < 1.29 is 9.53 Å². The molecule has 2 atom stereocenters. The molecule has 3 heteroatoms. The molecule has 1 rings (SSSR count). The summed E-state index contributed by atoms with van der Waals surface area (Å²) in [6, 6.07) is 0. The number of carbonyl (C=O) groups excluding carboxylic acids is 1. The third-order valence-electron chi connectivity index (χ3n) is 2.04. The molecule has 0 aromatic rings. The van der Waals surface area contributed by atoms with E-state index in [1.807, 2.05) is 6.92 Å². The quantitative estimate of drug-likeness (QED) is 0.414. The fourth-order valence-corrected chi connectivity index (χ4v) is 1.24. The lowest BCUT2D eigenvalue weighted by Gasteiger charge is -1.97. The SMILES string of the molecule is BC[C@@H]1C[C@H]1C(=O)OCC. The third kappa shape index (κ3) is 1.52. The fraction of sp³-hybridized carbons (Fsp3) is 0.857. The molecule has 0 heterocycles.